The van der Waals surface area contributed by atoms with Crippen LogP contribution < -0.4 is 9.47 Å². The van der Waals surface area contributed by atoms with Gasteiger partial charge in [0, 0.05) is 18.8 Å². The molecule has 5 heteroatoms. The largest absolute Gasteiger partial charge is 0.372 e. The van der Waals surface area contributed by atoms with Crippen LogP contribution in [0.5, 0.6) is 0 Å². The van der Waals surface area contributed by atoms with Crippen LogP contribution in [0, 0.1) is 11.8 Å². The average molecular weight is 357 g/mol. The van der Waals surface area contributed by atoms with E-state index in [-0.39, 0.29) is 0 Å². The molecule has 0 aliphatic rings. The highest BCUT2D eigenvalue weighted by molar-refractivity contribution is 5.52. The van der Waals surface area contributed by atoms with Crippen molar-refractivity contribution >= 4 is 17.2 Å². The fourth-order valence-corrected chi connectivity index (χ4v) is 2.77. The van der Waals surface area contributed by atoms with Gasteiger partial charge in [0.2, 0.25) is 6.33 Å². The summed E-state index contributed by atoms with van der Waals surface area (Å²) in [7, 11) is 3.95. The fourth-order valence-electron chi connectivity index (χ4n) is 2.77. The van der Waals surface area contributed by atoms with E-state index >= 15 is 0 Å². The molecule has 0 fully saturated rings. The maximum Gasteiger partial charge on any atom is 0.279 e. The second kappa shape index (κ2) is 9.51. The Balaban J connectivity index is 2.07. The molecule has 0 saturated heterocycles. The highest BCUT2D eigenvalue weighted by Crippen LogP contribution is 2.23. The van der Waals surface area contributed by atoms with E-state index < -0.39 is 0 Å². The zero-order chi connectivity index (χ0) is 19.1. The lowest BCUT2D eigenvalue weighted by molar-refractivity contribution is -0.670. The summed E-state index contributed by atoms with van der Waals surface area (Å²) in [5, 5.41) is 8.72. The van der Waals surface area contributed by atoms with Gasteiger partial charge in [0.1, 0.15) is 0 Å². The molecule has 0 atom stereocenters. The van der Waals surface area contributed by atoms with Crippen molar-refractivity contribution in [2.45, 2.75) is 40.5 Å². The summed E-state index contributed by atoms with van der Waals surface area (Å²) in [4.78, 5) is 2.50. The van der Waals surface area contributed by atoms with E-state index in [0.717, 1.165) is 36.4 Å². The standard InChI is InChI=1S/C21H34N5/c1-17(2)11-13-26(14-12-18(3)4)20-9-7-19(8-10-20)22-23-21-15-24(5)16-25(21)6/h7-10,15-18H,11-14H2,1-6H3/q+1. The molecule has 2 aromatic rings. The molecular formula is C21H34N5+. The topological polar surface area (TPSA) is 36.8 Å². The molecule has 1 heterocycles. The Morgan fingerprint density at radius 2 is 1.54 bits per heavy atom. The van der Waals surface area contributed by atoms with Gasteiger partial charge in [-0.2, -0.15) is 0 Å². The first-order valence-corrected chi connectivity index (χ1v) is 9.63. The summed E-state index contributed by atoms with van der Waals surface area (Å²) in [6, 6.07) is 8.44. The number of hydrogen-bond acceptors (Lipinski definition) is 3. The maximum absolute atomic E-state index is 4.37. The molecule has 0 aliphatic heterocycles. The Hall–Kier alpha value is -2.17. The van der Waals surface area contributed by atoms with E-state index in [2.05, 4.69) is 67.1 Å². The summed E-state index contributed by atoms with van der Waals surface area (Å²) in [6.07, 6.45) is 6.35. The van der Waals surface area contributed by atoms with E-state index in [1.807, 2.05) is 35.8 Å². The molecule has 0 N–H and O–H groups in total. The Bertz CT molecular complexity index is 686. The molecule has 142 valence electrons. The smallest absolute Gasteiger partial charge is 0.279 e. The van der Waals surface area contributed by atoms with Crippen LogP contribution in [0.3, 0.4) is 0 Å². The van der Waals surface area contributed by atoms with Crippen LogP contribution in [-0.2, 0) is 14.1 Å². The lowest BCUT2D eigenvalue weighted by Crippen LogP contribution is -2.27. The molecule has 0 unspecified atom stereocenters. The van der Waals surface area contributed by atoms with Crippen molar-refractivity contribution in [3.05, 3.63) is 36.8 Å². The predicted molar refractivity (Wildman–Crippen MR) is 108 cm³/mol. The van der Waals surface area contributed by atoms with Crippen molar-refractivity contribution in [2.75, 3.05) is 18.0 Å². The van der Waals surface area contributed by atoms with Gasteiger partial charge < -0.3 is 4.90 Å². The van der Waals surface area contributed by atoms with E-state index in [4.69, 9.17) is 0 Å². The Kier molecular flexibility index (Phi) is 7.37. The van der Waals surface area contributed by atoms with Crippen molar-refractivity contribution in [3.8, 4) is 0 Å². The maximum atomic E-state index is 4.37. The highest BCUT2D eigenvalue weighted by atomic mass is 15.2. The number of rotatable bonds is 9. The summed E-state index contributed by atoms with van der Waals surface area (Å²) in [5.41, 5.74) is 2.15. The molecular weight excluding hydrogens is 322 g/mol. The Labute approximate surface area is 158 Å². The van der Waals surface area contributed by atoms with Crippen molar-refractivity contribution in [3.63, 3.8) is 0 Å². The zero-order valence-electron chi connectivity index (χ0n) is 17.2. The SMILES string of the molecule is CC(C)CCN(CCC(C)C)c1ccc(N=Nc2c[n+](C)cn2C)cc1. The number of imidazole rings is 1. The number of aryl methyl sites for hydroxylation is 2. The Morgan fingerprint density at radius 1 is 0.962 bits per heavy atom. The third-order valence-electron chi connectivity index (χ3n) is 4.47. The van der Waals surface area contributed by atoms with E-state index in [1.54, 1.807) is 0 Å². The quantitative estimate of drug-likeness (QED) is 0.451. The molecule has 26 heavy (non-hydrogen) atoms. The second-order valence-corrected chi connectivity index (χ2v) is 7.95. The fraction of sp³-hybridized carbons (Fsp3) is 0.571. The summed E-state index contributed by atoms with van der Waals surface area (Å²) in [6.45, 7) is 11.3. The summed E-state index contributed by atoms with van der Waals surface area (Å²) < 4.78 is 3.93. The average Bonchev–Trinajstić information content (AvgIpc) is 2.91. The first-order valence-electron chi connectivity index (χ1n) is 9.63. The minimum absolute atomic E-state index is 0.719. The van der Waals surface area contributed by atoms with Gasteiger partial charge in [-0.25, -0.2) is 9.13 Å². The van der Waals surface area contributed by atoms with E-state index in [9.17, 15) is 0 Å². The van der Waals surface area contributed by atoms with Gasteiger partial charge in [-0.3, -0.25) is 0 Å². The van der Waals surface area contributed by atoms with Crippen LogP contribution in [0.4, 0.5) is 17.2 Å². The number of aromatic nitrogens is 2. The number of benzene rings is 1. The van der Waals surface area contributed by atoms with Gasteiger partial charge in [-0.15, -0.1) is 10.2 Å². The monoisotopic (exact) mass is 356 g/mol. The van der Waals surface area contributed by atoms with Gasteiger partial charge >= 0.3 is 0 Å². The third kappa shape index (κ3) is 6.28. The zero-order valence-corrected chi connectivity index (χ0v) is 17.2. The predicted octanol–water partition coefficient (Wildman–Crippen LogP) is 5.16. The lowest BCUT2D eigenvalue weighted by atomic mass is 10.1. The van der Waals surface area contributed by atoms with Crippen molar-refractivity contribution < 1.29 is 4.57 Å². The van der Waals surface area contributed by atoms with Crippen LogP contribution in [0.25, 0.3) is 0 Å². The van der Waals surface area contributed by atoms with Crippen LogP contribution in [-0.4, -0.2) is 17.7 Å². The van der Waals surface area contributed by atoms with Crippen LogP contribution in [0.1, 0.15) is 40.5 Å². The van der Waals surface area contributed by atoms with Crippen LogP contribution in [0.15, 0.2) is 47.0 Å². The normalized spacial score (nSPS) is 11.8. The Morgan fingerprint density at radius 3 is 2.00 bits per heavy atom. The lowest BCUT2D eigenvalue weighted by Gasteiger charge is -2.26. The van der Waals surface area contributed by atoms with Gasteiger partial charge in [0.15, 0.2) is 6.20 Å². The minimum atomic E-state index is 0.719. The highest BCUT2D eigenvalue weighted by Gasteiger charge is 2.09. The second-order valence-electron chi connectivity index (χ2n) is 7.95. The minimum Gasteiger partial charge on any atom is -0.372 e. The molecule has 0 amide bonds. The van der Waals surface area contributed by atoms with Crippen LogP contribution in [0.2, 0.25) is 0 Å². The first kappa shape index (κ1) is 20.1. The first-order chi connectivity index (χ1) is 12.3. The summed E-state index contributed by atoms with van der Waals surface area (Å²) in [5.74, 6) is 2.28. The number of anilines is 1. The molecule has 0 spiro atoms. The third-order valence-corrected chi connectivity index (χ3v) is 4.47. The molecule has 0 bridgehead atoms. The van der Waals surface area contributed by atoms with Gasteiger partial charge in [0.05, 0.1) is 19.8 Å². The van der Waals surface area contributed by atoms with Gasteiger partial charge in [0.25, 0.3) is 5.82 Å². The molecule has 0 aliphatic carbocycles. The molecule has 0 radical (unpaired) electrons. The summed E-state index contributed by atoms with van der Waals surface area (Å²) >= 11 is 0. The van der Waals surface area contributed by atoms with Gasteiger partial charge in [-0.1, -0.05) is 27.7 Å². The van der Waals surface area contributed by atoms with Crippen LogP contribution >= 0.6 is 0 Å². The number of hydrogen-bond donors (Lipinski definition) is 0. The molecule has 5 nitrogen and oxygen atoms in total. The number of azo groups is 1. The molecule has 1 aromatic heterocycles. The van der Waals surface area contributed by atoms with E-state index in [0.29, 0.717) is 0 Å². The number of nitrogens with zero attached hydrogens (tertiary/aromatic N) is 5. The van der Waals surface area contributed by atoms with E-state index in [1.165, 1.54) is 18.5 Å². The molecule has 2 rings (SSSR count). The molecule has 0 saturated carbocycles. The van der Waals surface area contributed by atoms with Crippen molar-refractivity contribution in [1.82, 2.24) is 4.57 Å². The van der Waals surface area contributed by atoms with Crippen molar-refractivity contribution in [1.29, 1.82) is 0 Å². The van der Waals surface area contributed by atoms with Crippen molar-refractivity contribution in [2.24, 2.45) is 36.2 Å². The van der Waals surface area contributed by atoms with Gasteiger partial charge in [-0.05, 0) is 48.9 Å². The molecule has 1 aromatic carbocycles.